The van der Waals surface area contributed by atoms with Crippen LogP contribution in [0.3, 0.4) is 0 Å². The van der Waals surface area contributed by atoms with E-state index in [0.717, 1.165) is 0 Å². The first-order valence-corrected chi connectivity index (χ1v) is 5.68. The lowest BCUT2D eigenvalue weighted by atomic mass is 9.94. The van der Waals surface area contributed by atoms with Crippen molar-refractivity contribution in [1.29, 1.82) is 0 Å². The van der Waals surface area contributed by atoms with Gasteiger partial charge in [0.2, 0.25) is 5.78 Å². The standard InChI is InChI=1S/C13H16N2O3/c1-12(2)13(3,17)15(18)11(14-12)10(16)9-7-5-4-6-8-9/h4-8,17-18H,1-3H3/t13-/m1/s1. The number of ketones is 1. The minimum absolute atomic E-state index is 0.142. The normalized spacial score (nSPS) is 26.1. The summed E-state index contributed by atoms with van der Waals surface area (Å²) in [6.07, 6.45) is 0. The number of hydrogen-bond acceptors (Lipinski definition) is 5. The number of nitrogens with zero attached hydrogens (tertiary/aromatic N) is 2. The first kappa shape index (κ1) is 12.7. The Balaban J connectivity index is 2.40. The summed E-state index contributed by atoms with van der Waals surface area (Å²) in [6, 6.07) is 8.53. The van der Waals surface area contributed by atoms with E-state index in [0.29, 0.717) is 10.6 Å². The number of amidine groups is 1. The van der Waals surface area contributed by atoms with Crippen molar-refractivity contribution in [2.24, 2.45) is 4.99 Å². The number of aliphatic imine (C=N–C) groups is 1. The van der Waals surface area contributed by atoms with Crippen LogP contribution in [0.15, 0.2) is 35.3 Å². The van der Waals surface area contributed by atoms with Crippen molar-refractivity contribution in [2.45, 2.75) is 32.0 Å². The molecular formula is C13H16N2O3. The van der Waals surface area contributed by atoms with Gasteiger partial charge in [-0.3, -0.25) is 15.0 Å². The van der Waals surface area contributed by atoms with Gasteiger partial charge in [-0.2, -0.15) is 0 Å². The molecule has 0 amide bonds. The summed E-state index contributed by atoms with van der Waals surface area (Å²) < 4.78 is 0. The Bertz CT molecular complexity index is 506. The van der Waals surface area contributed by atoms with E-state index in [4.69, 9.17) is 0 Å². The van der Waals surface area contributed by atoms with Crippen LogP contribution >= 0.6 is 0 Å². The maximum absolute atomic E-state index is 12.2. The van der Waals surface area contributed by atoms with Crippen LogP contribution in [-0.4, -0.2) is 38.3 Å². The molecule has 1 atom stereocenters. The maximum atomic E-state index is 12.2. The summed E-state index contributed by atoms with van der Waals surface area (Å²) in [5, 5.41) is 20.6. The Kier molecular flexibility index (Phi) is 2.76. The SMILES string of the molecule is CC1(C)N=C(C(=O)c2ccccc2)N(O)[C@]1(C)O. The van der Waals surface area contributed by atoms with Crippen LogP contribution in [0.1, 0.15) is 31.1 Å². The molecule has 2 rings (SSSR count). The summed E-state index contributed by atoms with van der Waals surface area (Å²) >= 11 is 0. The molecule has 1 heterocycles. The molecule has 1 aromatic rings. The molecule has 1 aliphatic rings. The molecule has 0 unspecified atom stereocenters. The van der Waals surface area contributed by atoms with Crippen LogP contribution in [-0.2, 0) is 0 Å². The van der Waals surface area contributed by atoms with Gasteiger partial charge in [0.1, 0.15) is 5.54 Å². The third-order valence-corrected chi connectivity index (χ3v) is 3.40. The highest BCUT2D eigenvalue weighted by Crippen LogP contribution is 2.35. The fourth-order valence-electron chi connectivity index (χ4n) is 1.75. The second kappa shape index (κ2) is 3.90. The Labute approximate surface area is 105 Å². The highest BCUT2D eigenvalue weighted by molar-refractivity contribution is 6.45. The van der Waals surface area contributed by atoms with E-state index >= 15 is 0 Å². The number of hydroxylamine groups is 2. The predicted octanol–water partition coefficient (Wildman–Crippen LogP) is 1.46. The van der Waals surface area contributed by atoms with E-state index in [-0.39, 0.29) is 5.84 Å². The molecule has 0 fully saturated rings. The van der Waals surface area contributed by atoms with Gasteiger partial charge in [0.05, 0.1) is 0 Å². The van der Waals surface area contributed by atoms with Crippen LogP contribution in [0.5, 0.6) is 0 Å². The molecule has 96 valence electrons. The molecule has 0 radical (unpaired) electrons. The summed E-state index contributed by atoms with van der Waals surface area (Å²) in [6.45, 7) is 4.73. The third kappa shape index (κ3) is 1.72. The molecule has 0 bridgehead atoms. The van der Waals surface area contributed by atoms with Gasteiger partial charge in [0, 0.05) is 5.56 Å². The highest BCUT2D eigenvalue weighted by Gasteiger charge is 2.53. The molecule has 2 N–H and O–H groups in total. The minimum Gasteiger partial charge on any atom is -0.367 e. The Morgan fingerprint density at radius 3 is 2.22 bits per heavy atom. The van der Waals surface area contributed by atoms with Crippen LogP contribution in [0.4, 0.5) is 0 Å². The number of aliphatic hydroxyl groups is 1. The van der Waals surface area contributed by atoms with Crippen molar-refractivity contribution in [1.82, 2.24) is 5.06 Å². The Hall–Kier alpha value is -1.72. The predicted molar refractivity (Wildman–Crippen MR) is 66.5 cm³/mol. The average Bonchev–Trinajstić information content (AvgIpc) is 2.50. The van der Waals surface area contributed by atoms with Gasteiger partial charge in [-0.15, -0.1) is 0 Å². The van der Waals surface area contributed by atoms with Crippen LogP contribution < -0.4 is 0 Å². The van der Waals surface area contributed by atoms with Crippen LogP contribution in [0.2, 0.25) is 0 Å². The lowest BCUT2D eigenvalue weighted by Crippen LogP contribution is -2.54. The van der Waals surface area contributed by atoms with Crippen molar-refractivity contribution >= 4 is 11.6 Å². The van der Waals surface area contributed by atoms with Crippen molar-refractivity contribution < 1.29 is 15.1 Å². The number of carbonyl (C=O) groups is 1. The Morgan fingerprint density at radius 2 is 1.78 bits per heavy atom. The molecule has 5 nitrogen and oxygen atoms in total. The topological polar surface area (TPSA) is 73.1 Å². The summed E-state index contributed by atoms with van der Waals surface area (Å²) in [4.78, 5) is 16.3. The lowest BCUT2D eigenvalue weighted by molar-refractivity contribution is -0.215. The van der Waals surface area contributed by atoms with Crippen LogP contribution in [0, 0.1) is 0 Å². The number of hydrogen-bond donors (Lipinski definition) is 2. The van der Waals surface area contributed by atoms with E-state index in [1.54, 1.807) is 44.2 Å². The molecule has 18 heavy (non-hydrogen) atoms. The molecule has 0 saturated heterocycles. The van der Waals surface area contributed by atoms with Gasteiger partial charge < -0.3 is 5.11 Å². The van der Waals surface area contributed by atoms with Crippen molar-refractivity contribution in [3.8, 4) is 0 Å². The van der Waals surface area contributed by atoms with Gasteiger partial charge in [-0.25, -0.2) is 5.06 Å². The first-order chi connectivity index (χ1) is 8.27. The van der Waals surface area contributed by atoms with Gasteiger partial charge in [-0.05, 0) is 20.8 Å². The first-order valence-electron chi connectivity index (χ1n) is 5.68. The van der Waals surface area contributed by atoms with E-state index in [2.05, 4.69) is 4.99 Å². The second-order valence-electron chi connectivity index (χ2n) is 5.02. The zero-order chi connectivity index (χ0) is 13.6. The molecule has 1 aromatic carbocycles. The van der Waals surface area contributed by atoms with Gasteiger partial charge in [0.15, 0.2) is 11.6 Å². The average molecular weight is 248 g/mol. The van der Waals surface area contributed by atoms with Crippen molar-refractivity contribution in [3.63, 3.8) is 0 Å². The molecule has 0 aliphatic carbocycles. The zero-order valence-electron chi connectivity index (χ0n) is 10.6. The van der Waals surface area contributed by atoms with E-state index in [9.17, 15) is 15.1 Å². The molecule has 0 spiro atoms. The van der Waals surface area contributed by atoms with Gasteiger partial charge in [0.25, 0.3) is 0 Å². The molecular weight excluding hydrogens is 232 g/mol. The van der Waals surface area contributed by atoms with Crippen molar-refractivity contribution in [2.75, 3.05) is 0 Å². The van der Waals surface area contributed by atoms with E-state index in [1.165, 1.54) is 6.92 Å². The summed E-state index contributed by atoms with van der Waals surface area (Å²) in [5.41, 5.74) is -2.14. The van der Waals surface area contributed by atoms with Crippen molar-refractivity contribution in [3.05, 3.63) is 35.9 Å². The van der Waals surface area contributed by atoms with E-state index < -0.39 is 17.0 Å². The third-order valence-electron chi connectivity index (χ3n) is 3.40. The summed E-state index contributed by atoms with van der Waals surface area (Å²) in [7, 11) is 0. The largest absolute Gasteiger partial charge is 0.367 e. The number of rotatable bonds is 2. The van der Waals surface area contributed by atoms with Crippen LogP contribution in [0.25, 0.3) is 0 Å². The van der Waals surface area contributed by atoms with E-state index in [1.807, 2.05) is 0 Å². The lowest BCUT2D eigenvalue weighted by Gasteiger charge is -2.34. The van der Waals surface area contributed by atoms with Gasteiger partial charge in [-0.1, -0.05) is 30.3 Å². The maximum Gasteiger partial charge on any atom is 0.230 e. The minimum atomic E-state index is -1.60. The molecule has 5 heteroatoms. The second-order valence-corrected chi connectivity index (χ2v) is 5.02. The smallest absolute Gasteiger partial charge is 0.230 e. The molecule has 1 aliphatic heterocycles. The fraction of sp³-hybridized carbons (Fsp3) is 0.385. The number of carbonyl (C=O) groups excluding carboxylic acids is 1. The Morgan fingerprint density at radius 1 is 1.22 bits per heavy atom. The van der Waals surface area contributed by atoms with Gasteiger partial charge >= 0.3 is 0 Å². The summed E-state index contributed by atoms with van der Waals surface area (Å²) in [5.74, 6) is -0.555. The monoisotopic (exact) mass is 248 g/mol. The quantitative estimate of drug-likeness (QED) is 0.777. The fourth-order valence-corrected chi connectivity index (χ4v) is 1.75. The zero-order valence-corrected chi connectivity index (χ0v) is 10.6. The molecule has 0 saturated carbocycles. The highest BCUT2D eigenvalue weighted by atomic mass is 16.5. The number of Topliss-reactive ketones (excluding diaryl/α,β-unsaturated/α-hetero) is 1. The molecule has 0 aromatic heterocycles. The number of benzene rings is 1.